The molecule has 1 unspecified atom stereocenters. The lowest BCUT2D eigenvalue weighted by Gasteiger charge is -2.11. The molecule has 2 aromatic rings. The number of aryl methyl sites for hydroxylation is 1. The van der Waals surface area contributed by atoms with Gasteiger partial charge in [0.1, 0.15) is 5.65 Å². The number of pyridine rings is 1. The number of hydrogen-bond donors (Lipinski definition) is 0. The highest BCUT2D eigenvalue weighted by atomic mass is 15.1. The Balaban J connectivity index is 1.75. The van der Waals surface area contributed by atoms with Crippen LogP contribution in [0.15, 0.2) is 24.5 Å². The van der Waals surface area contributed by atoms with E-state index in [2.05, 4.69) is 47.7 Å². The zero-order valence-corrected chi connectivity index (χ0v) is 11.3. The molecule has 0 aliphatic carbocycles. The zero-order valence-electron chi connectivity index (χ0n) is 11.3. The van der Waals surface area contributed by atoms with E-state index in [-0.39, 0.29) is 0 Å². The van der Waals surface area contributed by atoms with Gasteiger partial charge in [-0.3, -0.25) is 0 Å². The maximum atomic E-state index is 4.71. The van der Waals surface area contributed by atoms with Gasteiger partial charge in [-0.05, 0) is 50.4 Å². The normalized spacial score (nSPS) is 20.9. The molecule has 96 valence electrons. The van der Waals surface area contributed by atoms with Gasteiger partial charge in [-0.25, -0.2) is 4.98 Å². The van der Waals surface area contributed by atoms with E-state index in [1.165, 1.54) is 37.3 Å². The topological polar surface area (TPSA) is 20.5 Å². The molecule has 0 bridgehead atoms. The molecule has 0 saturated carbocycles. The van der Waals surface area contributed by atoms with E-state index in [4.69, 9.17) is 4.98 Å². The highest BCUT2D eigenvalue weighted by Gasteiger charge is 2.22. The summed E-state index contributed by atoms with van der Waals surface area (Å²) in [4.78, 5) is 7.24. The number of aromatic nitrogens is 2. The van der Waals surface area contributed by atoms with Crippen molar-refractivity contribution in [2.45, 2.75) is 26.7 Å². The molecule has 1 aliphatic heterocycles. The number of rotatable bonds is 3. The van der Waals surface area contributed by atoms with Gasteiger partial charge in [0.2, 0.25) is 0 Å². The first-order valence-corrected chi connectivity index (χ1v) is 6.91. The Hall–Kier alpha value is -1.35. The average Bonchev–Trinajstić information content (AvgIpc) is 2.95. The van der Waals surface area contributed by atoms with Crippen molar-refractivity contribution in [1.82, 2.24) is 14.3 Å². The fourth-order valence-corrected chi connectivity index (χ4v) is 2.92. The molecule has 3 heterocycles. The van der Waals surface area contributed by atoms with Gasteiger partial charge in [0.15, 0.2) is 0 Å². The van der Waals surface area contributed by atoms with Crippen molar-refractivity contribution >= 4 is 5.65 Å². The summed E-state index contributed by atoms with van der Waals surface area (Å²) in [7, 11) is 0. The van der Waals surface area contributed by atoms with Crippen molar-refractivity contribution in [2.75, 3.05) is 19.6 Å². The molecule has 1 fully saturated rings. The molecule has 3 heteroatoms. The van der Waals surface area contributed by atoms with E-state index in [1.807, 2.05) is 0 Å². The summed E-state index contributed by atoms with van der Waals surface area (Å²) in [5, 5.41) is 0. The Morgan fingerprint density at radius 2 is 2.22 bits per heavy atom. The van der Waals surface area contributed by atoms with Crippen LogP contribution in [0.4, 0.5) is 0 Å². The molecule has 1 atom stereocenters. The van der Waals surface area contributed by atoms with E-state index in [0.717, 1.165) is 18.0 Å². The van der Waals surface area contributed by atoms with E-state index >= 15 is 0 Å². The quantitative estimate of drug-likeness (QED) is 0.825. The summed E-state index contributed by atoms with van der Waals surface area (Å²) in [5.74, 6) is 0.788. The minimum absolute atomic E-state index is 0.788. The predicted octanol–water partition coefficient (Wildman–Crippen LogP) is 2.53. The van der Waals surface area contributed by atoms with Gasteiger partial charge >= 0.3 is 0 Å². The maximum Gasteiger partial charge on any atom is 0.136 e. The van der Waals surface area contributed by atoms with Crippen LogP contribution in [0, 0.1) is 12.8 Å². The van der Waals surface area contributed by atoms with Gasteiger partial charge in [0, 0.05) is 18.9 Å². The zero-order chi connectivity index (χ0) is 12.5. The SMILES string of the molecule is CCN1CCC(Cc2cn3cc(C)ccc3n2)C1. The second kappa shape index (κ2) is 4.73. The molecule has 0 aromatic carbocycles. The minimum Gasteiger partial charge on any atom is -0.307 e. The Labute approximate surface area is 108 Å². The molecule has 0 radical (unpaired) electrons. The van der Waals surface area contributed by atoms with E-state index in [0.29, 0.717) is 0 Å². The van der Waals surface area contributed by atoms with E-state index in [1.54, 1.807) is 0 Å². The van der Waals surface area contributed by atoms with Crippen LogP contribution in [0.5, 0.6) is 0 Å². The molecule has 18 heavy (non-hydrogen) atoms. The lowest BCUT2D eigenvalue weighted by Crippen LogP contribution is -2.20. The molecular formula is C15H21N3. The van der Waals surface area contributed by atoms with Gasteiger partial charge in [0.05, 0.1) is 5.69 Å². The molecule has 0 amide bonds. The first-order valence-electron chi connectivity index (χ1n) is 6.91. The van der Waals surface area contributed by atoms with Gasteiger partial charge in [-0.1, -0.05) is 13.0 Å². The first kappa shape index (κ1) is 11.7. The van der Waals surface area contributed by atoms with Crippen LogP contribution in [0.25, 0.3) is 5.65 Å². The molecule has 3 rings (SSSR count). The molecule has 1 aliphatic rings. The monoisotopic (exact) mass is 243 g/mol. The van der Waals surface area contributed by atoms with Gasteiger partial charge in [0.25, 0.3) is 0 Å². The number of fused-ring (bicyclic) bond motifs is 1. The van der Waals surface area contributed by atoms with Gasteiger partial charge in [-0.15, -0.1) is 0 Å². The summed E-state index contributed by atoms with van der Waals surface area (Å²) in [6, 6.07) is 4.23. The van der Waals surface area contributed by atoms with Crippen LogP contribution < -0.4 is 0 Å². The lowest BCUT2D eigenvalue weighted by atomic mass is 10.0. The van der Waals surface area contributed by atoms with E-state index < -0.39 is 0 Å². The summed E-state index contributed by atoms with van der Waals surface area (Å²) >= 11 is 0. The second-order valence-electron chi connectivity index (χ2n) is 5.46. The summed E-state index contributed by atoms with van der Waals surface area (Å²) < 4.78 is 2.15. The summed E-state index contributed by atoms with van der Waals surface area (Å²) in [5.41, 5.74) is 3.59. The van der Waals surface area contributed by atoms with Gasteiger partial charge in [-0.2, -0.15) is 0 Å². The van der Waals surface area contributed by atoms with Crippen molar-refractivity contribution in [1.29, 1.82) is 0 Å². The standard InChI is InChI=1S/C15H21N3/c1-3-17-7-6-13(10-17)8-14-11-18-9-12(2)4-5-15(18)16-14/h4-5,9,11,13H,3,6-8,10H2,1-2H3. The summed E-state index contributed by atoms with van der Waals surface area (Å²) in [6.45, 7) is 8.04. The van der Waals surface area contributed by atoms with Crippen LogP contribution in [0.1, 0.15) is 24.6 Å². The smallest absolute Gasteiger partial charge is 0.136 e. The van der Waals surface area contributed by atoms with Crippen LogP contribution in [-0.2, 0) is 6.42 Å². The number of likely N-dealkylation sites (tertiary alicyclic amines) is 1. The molecule has 2 aromatic heterocycles. The van der Waals surface area contributed by atoms with Crippen molar-refractivity contribution in [2.24, 2.45) is 5.92 Å². The first-order chi connectivity index (χ1) is 8.74. The largest absolute Gasteiger partial charge is 0.307 e. The summed E-state index contributed by atoms with van der Waals surface area (Å²) in [6.07, 6.45) is 6.79. The third kappa shape index (κ3) is 2.27. The second-order valence-corrected chi connectivity index (χ2v) is 5.46. The van der Waals surface area contributed by atoms with Crippen molar-refractivity contribution < 1.29 is 0 Å². The van der Waals surface area contributed by atoms with Crippen molar-refractivity contribution in [3.63, 3.8) is 0 Å². The van der Waals surface area contributed by atoms with Gasteiger partial charge < -0.3 is 9.30 Å². The Morgan fingerprint density at radius 3 is 3.00 bits per heavy atom. The molecule has 1 saturated heterocycles. The lowest BCUT2D eigenvalue weighted by molar-refractivity contribution is 0.341. The fourth-order valence-electron chi connectivity index (χ4n) is 2.92. The van der Waals surface area contributed by atoms with Crippen LogP contribution in [-0.4, -0.2) is 33.9 Å². The highest BCUT2D eigenvalue weighted by Crippen LogP contribution is 2.20. The van der Waals surface area contributed by atoms with Crippen LogP contribution in [0.3, 0.4) is 0 Å². The molecule has 0 N–H and O–H groups in total. The van der Waals surface area contributed by atoms with E-state index in [9.17, 15) is 0 Å². The van der Waals surface area contributed by atoms with Crippen molar-refractivity contribution in [3.8, 4) is 0 Å². The Bertz CT molecular complexity index is 544. The molecule has 0 spiro atoms. The maximum absolute atomic E-state index is 4.71. The van der Waals surface area contributed by atoms with Crippen LogP contribution in [0.2, 0.25) is 0 Å². The van der Waals surface area contributed by atoms with Crippen molar-refractivity contribution in [3.05, 3.63) is 35.8 Å². The molecule has 3 nitrogen and oxygen atoms in total. The minimum atomic E-state index is 0.788. The average molecular weight is 243 g/mol. The Kier molecular flexibility index (Phi) is 3.08. The predicted molar refractivity (Wildman–Crippen MR) is 73.9 cm³/mol. The van der Waals surface area contributed by atoms with Crippen LogP contribution >= 0.6 is 0 Å². The highest BCUT2D eigenvalue weighted by molar-refractivity contribution is 5.41. The fraction of sp³-hybridized carbons (Fsp3) is 0.533. The molecular weight excluding hydrogens is 222 g/mol. The number of imidazole rings is 1. The Morgan fingerprint density at radius 1 is 1.33 bits per heavy atom. The third-order valence-electron chi connectivity index (χ3n) is 3.96. The third-order valence-corrected chi connectivity index (χ3v) is 3.96. The number of nitrogens with zero attached hydrogens (tertiary/aromatic N) is 3. The number of hydrogen-bond acceptors (Lipinski definition) is 2.